The lowest BCUT2D eigenvalue weighted by atomic mass is 9.91. The zero-order valence-electron chi connectivity index (χ0n) is 12.6. The Morgan fingerprint density at radius 1 is 1.22 bits per heavy atom. The lowest BCUT2D eigenvalue weighted by molar-refractivity contribution is -0.0114. The Balaban J connectivity index is 1.96. The van der Waals surface area contributed by atoms with E-state index in [1.807, 2.05) is 36.2 Å². The number of hydrogen-bond donors (Lipinski definition) is 3. The Kier molecular flexibility index (Phi) is 3.87. The predicted molar refractivity (Wildman–Crippen MR) is 83.5 cm³/mol. The summed E-state index contributed by atoms with van der Waals surface area (Å²) >= 11 is 0. The molecule has 0 amide bonds. The second-order valence-electron chi connectivity index (χ2n) is 5.71. The van der Waals surface area contributed by atoms with Crippen LogP contribution in [0, 0.1) is 0 Å². The molecule has 2 aromatic rings. The van der Waals surface area contributed by atoms with E-state index in [0.29, 0.717) is 6.54 Å². The van der Waals surface area contributed by atoms with E-state index in [9.17, 15) is 14.4 Å². The molecule has 2 heterocycles. The number of esters is 1. The van der Waals surface area contributed by atoms with Gasteiger partial charge in [-0.1, -0.05) is 24.3 Å². The van der Waals surface area contributed by atoms with Gasteiger partial charge in [0.25, 0.3) is 5.56 Å². The number of aromatic amines is 2. The molecular formula is C16H17N3O4. The fraction of sp³-hybridized carbons (Fsp3) is 0.312. The van der Waals surface area contributed by atoms with Gasteiger partial charge >= 0.3 is 11.7 Å². The molecular weight excluding hydrogens is 298 g/mol. The molecule has 3 rings (SSSR count). The van der Waals surface area contributed by atoms with Crippen LogP contribution in [-0.4, -0.2) is 29.0 Å². The van der Waals surface area contributed by atoms with Crippen molar-refractivity contribution in [3.8, 4) is 0 Å². The van der Waals surface area contributed by atoms with E-state index in [-0.39, 0.29) is 5.69 Å². The Labute approximate surface area is 131 Å². The topological polar surface area (TPSA) is 104 Å². The summed E-state index contributed by atoms with van der Waals surface area (Å²) in [4.78, 5) is 39.3. The third-order valence-electron chi connectivity index (χ3n) is 3.92. The Morgan fingerprint density at radius 2 is 2.00 bits per heavy atom. The highest BCUT2D eigenvalue weighted by molar-refractivity contribution is 5.87. The van der Waals surface area contributed by atoms with Gasteiger partial charge in [-0.15, -0.1) is 0 Å². The van der Waals surface area contributed by atoms with Gasteiger partial charge in [0.2, 0.25) is 0 Å². The molecule has 1 unspecified atom stereocenters. The number of rotatable bonds is 2. The van der Waals surface area contributed by atoms with Crippen LogP contribution < -0.4 is 16.6 Å². The standard InChI is InChI=1S/C16H17N3O4/c1-16(9-17-7-6-10-4-2-3-5-11(10)16)23-14(21)12-8-13(20)19-15(22)18-12/h2-5,8,17H,6-7,9H2,1H3,(H2,18,19,20,22). The summed E-state index contributed by atoms with van der Waals surface area (Å²) in [5.41, 5.74) is -0.414. The number of aromatic nitrogens is 2. The van der Waals surface area contributed by atoms with Gasteiger partial charge < -0.3 is 15.0 Å². The molecule has 1 aliphatic heterocycles. The molecule has 0 spiro atoms. The predicted octanol–water partition coefficient (Wildman–Crippen LogP) is 0.281. The molecule has 120 valence electrons. The van der Waals surface area contributed by atoms with Gasteiger partial charge in [-0.25, -0.2) is 9.59 Å². The van der Waals surface area contributed by atoms with Crippen LogP contribution in [0.25, 0.3) is 0 Å². The van der Waals surface area contributed by atoms with Crippen LogP contribution in [0.5, 0.6) is 0 Å². The normalized spacial score (nSPS) is 20.4. The van der Waals surface area contributed by atoms with Crippen molar-refractivity contribution in [3.05, 3.63) is 68.0 Å². The maximum Gasteiger partial charge on any atom is 0.356 e. The maximum absolute atomic E-state index is 12.4. The number of hydrogen-bond acceptors (Lipinski definition) is 5. The van der Waals surface area contributed by atoms with E-state index < -0.39 is 22.8 Å². The molecule has 23 heavy (non-hydrogen) atoms. The van der Waals surface area contributed by atoms with Crippen LogP contribution in [0.15, 0.2) is 39.9 Å². The number of fused-ring (bicyclic) bond motifs is 1. The SMILES string of the molecule is CC1(OC(=O)c2cc(=O)[nH]c(=O)[nH]2)CNCCc2ccccc21. The minimum absolute atomic E-state index is 0.165. The molecule has 7 nitrogen and oxygen atoms in total. The minimum atomic E-state index is -0.885. The molecule has 3 N–H and O–H groups in total. The first-order chi connectivity index (χ1) is 11.0. The van der Waals surface area contributed by atoms with Gasteiger partial charge in [0.05, 0.1) is 0 Å². The van der Waals surface area contributed by atoms with E-state index in [1.165, 1.54) is 0 Å². The molecule has 0 aliphatic carbocycles. The highest BCUT2D eigenvalue weighted by Gasteiger charge is 2.35. The third kappa shape index (κ3) is 3.09. The Morgan fingerprint density at radius 3 is 2.78 bits per heavy atom. The fourth-order valence-electron chi connectivity index (χ4n) is 2.83. The molecule has 0 fully saturated rings. The zero-order chi connectivity index (χ0) is 16.4. The van der Waals surface area contributed by atoms with Gasteiger partial charge in [0, 0.05) is 12.6 Å². The van der Waals surface area contributed by atoms with E-state index in [1.54, 1.807) is 0 Å². The van der Waals surface area contributed by atoms with Gasteiger partial charge in [0.15, 0.2) is 0 Å². The minimum Gasteiger partial charge on any atom is -0.448 e. The summed E-state index contributed by atoms with van der Waals surface area (Å²) in [5, 5.41) is 3.25. The number of nitrogens with one attached hydrogen (secondary N) is 3. The van der Waals surface area contributed by atoms with Gasteiger partial charge in [-0.2, -0.15) is 0 Å². The van der Waals surface area contributed by atoms with Crippen molar-refractivity contribution in [1.82, 2.24) is 15.3 Å². The maximum atomic E-state index is 12.4. The van der Waals surface area contributed by atoms with Crippen molar-refractivity contribution < 1.29 is 9.53 Å². The van der Waals surface area contributed by atoms with Crippen molar-refractivity contribution in [3.63, 3.8) is 0 Å². The Hall–Kier alpha value is -2.67. The van der Waals surface area contributed by atoms with Crippen molar-refractivity contribution in [2.45, 2.75) is 18.9 Å². The summed E-state index contributed by atoms with van der Waals surface area (Å²) in [6.07, 6.45) is 0.838. The van der Waals surface area contributed by atoms with Crippen LogP contribution >= 0.6 is 0 Å². The quantitative estimate of drug-likeness (QED) is 0.691. The summed E-state index contributed by atoms with van der Waals surface area (Å²) in [5.74, 6) is -0.741. The molecule has 1 atom stereocenters. The molecule has 1 aromatic heterocycles. The lowest BCUT2D eigenvalue weighted by Crippen LogP contribution is -2.39. The van der Waals surface area contributed by atoms with E-state index in [0.717, 1.165) is 30.2 Å². The highest BCUT2D eigenvalue weighted by Crippen LogP contribution is 2.30. The van der Waals surface area contributed by atoms with Gasteiger partial charge in [-0.05, 0) is 31.0 Å². The zero-order valence-corrected chi connectivity index (χ0v) is 12.6. The van der Waals surface area contributed by atoms with Crippen LogP contribution in [0.4, 0.5) is 0 Å². The van der Waals surface area contributed by atoms with Crippen LogP contribution in [0.1, 0.15) is 28.5 Å². The first-order valence-electron chi connectivity index (χ1n) is 7.34. The summed E-state index contributed by atoms with van der Waals surface area (Å²) in [6.45, 7) is 3.04. The summed E-state index contributed by atoms with van der Waals surface area (Å²) in [6, 6.07) is 8.79. The smallest absolute Gasteiger partial charge is 0.356 e. The van der Waals surface area contributed by atoms with Crippen molar-refractivity contribution in [1.29, 1.82) is 0 Å². The third-order valence-corrected chi connectivity index (χ3v) is 3.92. The van der Waals surface area contributed by atoms with E-state index >= 15 is 0 Å². The monoisotopic (exact) mass is 315 g/mol. The molecule has 1 aliphatic rings. The Bertz CT molecular complexity index is 826. The average Bonchev–Trinajstić information content (AvgIpc) is 2.66. The van der Waals surface area contributed by atoms with Crippen LogP contribution in [0.3, 0.4) is 0 Å². The number of benzene rings is 1. The summed E-state index contributed by atoms with van der Waals surface area (Å²) in [7, 11) is 0. The van der Waals surface area contributed by atoms with Gasteiger partial charge in [-0.3, -0.25) is 9.78 Å². The number of carbonyl (C=O) groups is 1. The van der Waals surface area contributed by atoms with Gasteiger partial charge in [0.1, 0.15) is 11.3 Å². The number of ether oxygens (including phenoxy) is 1. The van der Waals surface area contributed by atoms with Crippen molar-refractivity contribution in [2.24, 2.45) is 0 Å². The number of H-pyrrole nitrogens is 2. The van der Waals surface area contributed by atoms with E-state index in [2.05, 4.69) is 10.3 Å². The molecule has 0 saturated carbocycles. The second-order valence-corrected chi connectivity index (χ2v) is 5.71. The molecule has 0 bridgehead atoms. The highest BCUT2D eigenvalue weighted by atomic mass is 16.6. The summed E-state index contributed by atoms with van der Waals surface area (Å²) < 4.78 is 5.66. The first kappa shape index (κ1) is 15.2. The molecule has 0 radical (unpaired) electrons. The molecule has 7 heteroatoms. The van der Waals surface area contributed by atoms with Crippen molar-refractivity contribution in [2.75, 3.05) is 13.1 Å². The molecule has 0 saturated heterocycles. The van der Waals surface area contributed by atoms with Crippen LogP contribution in [0.2, 0.25) is 0 Å². The van der Waals surface area contributed by atoms with Crippen molar-refractivity contribution >= 4 is 5.97 Å². The lowest BCUT2D eigenvalue weighted by Gasteiger charge is -2.30. The average molecular weight is 315 g/mol. The van der Waals surface area contributed by atoms with E-state index in [4.69, 9.17) is 4.74 Å². The number of carbonyl (C=O) groups excluding carboxylic acids is 1. The fourth-order valence-corrected chi connectivity index (χ4v) is 2.83. The first-order valence-corrected chi connectivity index (χ1v) is 7.34. The van der Waals surface area contributed by atoms with Crippen LogP contribution in [-0.2, 0) is 16.8 Å². The largest absolute Gasteiger partial charge is 0.448 e. The second kappa shape index (κ2) is 5.85. The molecule has 1 aromatic carbocycles.